The van der Waals surface area contributed by atoms with E-state index in [0.717, 1.165) is 9.35 Å². The van der Waals surface area contributed by atoms with E-state index in [1.165, 1.54) is 11.3 Å². The molecule has 0 aliphatic rings. The molecule has 0 aliphatic carbocycles. The first-order chi connectivity index (χ1) is 11.2. The quantitative estimate of drug-likeness (QED) is 0.492. The summed E-state index contributed by atoms with van der Waals surface area (Å²) in [5.41, 5.74) is 4.99. The molecule has 0 radical (unpaired) electrons. The normalized spacial score (nSPS) is 13.0. The van der Waals surface area contributed by atoms with E-state index in [1.807, 2.05) is 0 Å². The van der Waals surface area contributed by atoms with Gasteiger partial charge in [0.2, 0.25) is 0 Å². The first-order valence-corrected chi connectivity index (χ1v) is 9.04. The van der Waals surface area contributed by atoms with Gasteiger partial charge >= 0.3 is 11.9 Å². The van der Waals surface area contributed by atoms with E-state index in [-0.39, 0.29) is 26.1 Å². The van der Waals surface area contributed by atoms with Gasteiger partial charge in [-0.2, -0.15) is 0 Å². The highest BCUT2D eigenvalue weighted by atomic mass is 79.9. The molecule has 0 saturated carbocycles. The van der Waals surface area contributed by atoms with Crippen LogP contribution in [0.2, 0.25) is 0 Å². The number of rotatable bonds is 8. The van der Waals surface area contributed by atoms with Crippen molar-refractivity contribution >= 4 is 45.1 Å². The molecule has 9 heteroatoms. The molecule has 0 fully saturated rings. The minimum absolute atomic E-state index is 0.108. The van der Waals surface area contributed by atoms with Gasteiger partial charge in [-0.15, -0.1) is 11.3 Å². The molecule has 0 aromatic carbocycles. The zero-order valence-corrected chi connectivity index (χ0v) is 16.2. The number of esters is 2. The lowest BCUT2D eigenvalue weighted by molar-refractivity contribution is -0.152. The molecule has 134 valence electrons. The third-order valence-electron chi connectivity index (χ3n) is 3.10. The average Bonchev–Trinajstić information content (AvgIpc) is 2.84. The smallest absolute Gasteiger partial charge is 0.346 e. The molecule has 1 rings (SSSR count). The second-order valence-electron chi connectivity index (χ2n) is 5.01. The predicted molar refractivity (Wildman–Crippen MR) is 93.6 cm³/mol. The molecule has 0 aliphatic heterocycles. The Morgan fingerprint density at radius 1 is 1.29 bits per heavy atom. The van der Waals surface area contributed by atoms with E-state index >= 15 is 0 Å². The minimum Gasteiger partial charge on any atom is -0.466 e. The van der Waals surface area contributed by atoms with Crippen LogP contribution in [0.25, 0.3) is 0 Å². The van der Waals surface area contributed by atoms with Gasteiger partial charge in [-0.3, -0.25) is 15.3 Å². The Morgan fingerprint density at radius 3 is 2.42 bits per heavy atom. The molecule has 1 amide bonds. The first kappa shape index (κ1) is 20.6. The van der Waals surface area contributed by atoms with E-state index in [4.69, 9.17) is 15.2 Å². The molecule has 24 heavy (non-hydrogen) atoms. The zero-order valence-electron chi connectivity index (χ0n) is 13.8. The van der Waals surface area contributed by atoms with Crippen LogP contribution in [0.5, 0.6) is 0 Å². The van der Waals surface area contributed by atoms with Crippen molar-refractivity contribution in [2.75, 3.05) is 13.2 Å². The molecule has 0 spiro atoms. The largest absolute Gasteiger partial charge is 0.466 e. The van der Waals surface area contributed by atoms with Gasteiger partial charge in [0.1, 0.15) is 0 Å². The van der Waals surface area contributed by atoms with Crippen molar-refractivity contribution in [3.05, 3.63) is 20.3 Å². The topological polar surface area (TPSA) is 108 Å². The van der Waals surface area contributed by atoms with Crippen LogP contribution < -0.4 is 11.1 Å². The second-order valence-corrected chi connectivity index (χ2v) is 7.45. The van der Waals surface area contributed by atoms with Crippen LogP contribution in [0.3, 0.4) is 0 Å². The van der Waals surface area contributed by atoms with E-state index in [1.54, 1.807) is 26.8 Å². The highest BCUT2D eigenvalue weighted by molar-refractivity contribution is 9.11. The van der Waals surface area contributed by atoms with E-state index < -0.39 is 23.5 Å². The van der Waals surface area contributed by atoms with Crippen LogP contribution in [-0.4, -0.2) is 36.7 Å². The lowest BCUT2D eigenvalue weighted by atomic mass is 10.0. The summed E-state index contributed by atoms with van der Waals surface area (Å²) in [6.07, 6.45) is -0.238. The van der Waals surface area contributed by atoms with Crippen molar-refractivity contribution in [1.82, 2.24) is 5.32 Å². The van der Waals surface area contributed by atoms with Gasteiger partial charge in [-0.25, -0.2) is 4.79 Å². The molecule has 1 heterocycles. The van der Waals surface area contributed by atoms with Crippen LogP contribution in [0.4, 0.5) is 0 Å². The van der Waals surface area contributed by atoms with Crippen molar-refractivity contribution in [3.8, 4) is 0 Å². The molecule has 7 nitrogen and oxygen atoms in total. The number of nitrogens with two attached hydrogens (primary N) is 1. The maximum absolute atomic E-state index is 12.4. The fourth-order valence-electron chi connectivity index (χ4n) is 1.94. The number of hydrogen-bond acceptors (Lipinski definition) is 7. The van der Waals surface area contributed by atoms with Crippen molar-refractivity contribution < 1.29 is 23.9 Å². The Bertz CT molecular complexity index is 619. The Labute approximate surface area is 153 Å². The van der Waals surface area contributed by atoms with Crippen LogP contribution in [0.15, 0.2) is 9.85 Å². The van der Waals surface area contributed by atoms with Crippen LogP contribution in [0.1, 0.15) is 41.9 Å². The number of thiophene rings is 1. The number of carbonyl (C=O) groups excluding carboxylic acids is 3. The van der Waals surface area contributed by atoms with Crippen molar-refractivity contribution in [2.24, 2.45) is 5.73 Å². The minimum atomic E-state index is -1.80. The van der Waals surface area contributed by atoms with Gasteiger partial charge in [0.25, 0.3) is 5.91 Å². The van der Waals surface area contributed by atoms with Crippen LogP contribution in [-0.2, 0) is 19.1 Å². The van der Waals surface area contributed by atoms with Crippen LogP contribution in [0, 0.1) is 6.92 Å². The number of amides is 1. The Balaban J connectivity index is 2.92. The summed E-state index contributed by atoms with van der Waals surface area (Å²) in [5, 5.41) is 2.49. The summed E-state index contributed by atoms with van der Waals surface area (Å²) < 4.78 is 10.5. The number of carbonyl (C=O) groups is 3. The molecule has 0 bridgehead atoms. The summed E-state index contributed by atoms with van der Waals surface area (Å²) >= 11 is 4.53. The summed E-state index contributed by atoms with van der Waals surface area (Å²) in [6.45, 7) is 5.42. The lowest BCUT2D eigenvalue weighted by Gasteiger charge is -2.27. The third-order valence-corrected chi connectivity index (χ3v) is 4.84. The van der Waals surface area contributed by atoms with Gasteiger partial charge in [-0.05, 0) is 48.3 Å². The van der Waals surface area contributed by atoms with Crippen molar-refractivity contribution in [2.45, 2.75) is 39.3 Å². The van der Waals surface area contributed by atoms with Gasteiger partial charge in [0, 0.05) is 12.8 Å². The number of ether oxygens (including phenoxy) is 2. The summed E-state index contributed by atoms with van der Waals surface area (Å²) in [4.78, 5) is 36.6. The zero-order chi connectivity index (χ0) is 18.3. The number of halogens is 1. The highest BCUT2D eigenvalue weighted by Gasteiger charge is 2.38. The Morgan fingerprint density at radius 2 is 1.92 bits per heavy atom. The molecule has 3 N–H and O–H groups in total. The Hall–Kier alpha value is -1.45. The Kier molecular flexibility index (Phi) is 7.85. The number of hydrogen-bond donors (Lipinski definition) is 2. The standard InChI is InChI=1S/C15H21BrN2O5S/c1-4-22-11(19)6-7-15(17,14(21)23-5-2)18-13(20)12-9(3)8-10(16)24-12/h8H,4-7,17H2,1-3H3,(H,18,20)/t15-/m1/s1. The molecule has 1 aromatic rings. The monoisotopic (exact) mass is 420 g/mol. The fourth-order valence-corrected chi connectivity index (χ4v) is 3.56. The molecule has 1 aromatic heterocycles. The van der Waals surface area contributed by atoms with Gasteiger partial charge < -0.3 is 14.8 Å². The first-order valence-electron chi connectivity index (χ1n) is 7.43. The van der Waals surface area contributed by atoms with E-state index in [9.17, 15) is 14.4 Å². The summed E-state index contributed by atoms with van der Waals surface area (Å²) in [7, 11) is 0. The molecule has 1 atom stereocenters. The molecule has 0 unspecified atom stereocenters. The van der Waals surface area contributed by atoms with Crippen molar-refractivity contribution in [3.63, 3.8) is 0 Å². The number of aryl methyl sites for hydroxylation is 1. The van der Waals surface area contributed by atoms with Crippen LogP contribution >= 0.6 is 27.3 Å². The maximum Gasteiger partial charge on any atom is 0.346 e. The third kappa shape index (κ3) is 5.57. The number of nitrogens with one attached hydrogen (secondary N) is 1. The lowest BCUT2D eigenvalue weighted by Crippen LogP contribution is -2.62. The van der Waals surface area contributed by atoms with Crippen molar-refractivity contribution in [1.29, 1.82) is 0 Å². The molecular weight excluding hydrogens is 400 g/mol. The fraction of sp³-hybridized carbons (Fsp3) is 0.533. The predicted octanol–water partition coefficient (Wildman–Crippen LogP) is 2.11. The second kappa shape index (κ2) is 9.14. The molecular formula is C15H21BrN2O5S. The van der Waals surface area contributed by atoms with E-state index in [2.05, 4.69) is 21.2 Å². The SMILES string of the molecule is CCOC(=O)CC[C@@](N)(NC(=O)c1sc(Br)cc1C)C(=O)OCC. The average molecular weight is 421 g/mol. The highest BCUT2D eigenvalue weighted by Crippen LogP contribution is 2.27. The van der Waals surface area contributed by atoms with E-state index in [0.29, 0.717) is 4.88 Å². The van der Waals surface area contributed by atoms with Gasteiger partial charge in [0.15, 0.2) is 5.66 Å². The summed E-state index contributed by atoms with van der Waals surface area (Å²) in [6, 6.07) is 1.79. The van der Waals surface area contributed by atoms with Gasteiger partial charge in [0.05, 0.1) is 21.9 Å². The van der Waals surface area contributed by atoms with Gasteiger partial charge in [-0.1, -0.05) is 0 Å². The maximum atomic E-state index is 12.4. The summed E-state index contributed by atoms with van der Waals surface area (Å²) in [5.74, 6) is -1.79. The molecule has 0 saturated heterocycles.